The van der Waals surface area contributed by atoms with Crippen molar-refractivity contribution in [3.05, 3.63) is 71.8 Å². The van der Waals surface area contributed by atoms with Crippen molar-refractivity contribution < 1.29 is 14.0 Å². The molecule has 1 fully saturated rings. The van der Waals surface area contributed by atoms with Crippen LogP contribution in [-0.2, 0) is 14.3 Å². The van der Waals surface area contributed by atoms with Crippen LogP contribution in [-0.4, -0.2) is 50.0 Å². The van der Waals surface area contributed by atoms with E-state index in [4.69, 9.17) is 4.74 Å². The Bertz CT molecular complexity index is 681. The molecule has 2 aromatic rings. The lowest BCUT2D eigenvalue weighted by atomic mass is 9.90. The standard InChI is InChI=1S/C22H28NO2S/c1-23(2)16-14-20(15-17-23)25-21(24)22(26-3,18-10-6-4-7-11-18)19-12-8-5-9-13-19/h4-13,20H,14-17H2,1-3H3/q+1. The minimum Gasteiger partial charge on any atom is -0.460 e. The number of piperidine rings is 1. The summed E-state index contributed by atoms with van der Waals surface area (Å²) in [6.07, 6.45) is 3.84. The Kier molecular flexibility index (Phi) is 5.73. The molecule has 0 spiro atoms. The maximum atomic E-state index is 13.5. The van der Waals surface area contributed by atoms with Crippen LogP contribution in [0.1, 0.15) is 24.0 Å². The molecule has 0 aliphatic carbocycles. The lowest BCUT2D eigenvalue weighted by Crippen LogP contribution is -2.49. The number of thioether (sulfide) groups is 1. The van der Waals surface area contributed by atoms with Gasteiger partial charge in [0.25, 0.3) is 0 Å². The molecule has 26 heavy (non-hydrogen) atoms. The SMILES string of the molecule is CSC(C(=O)OC1CC[N+](C)(C)CC1)(c1ccccc1)c1ccccc1. The molecule has 0 bridgehead atoms. The molecule has 4 heteroatoms. The van der Waals surface area contributed by atoms with Crippen LogP contribution in [0.4, 0.5) is 0 Å². The molecule has 1 saturated heterocycles. The molecule has 138 valence electrons. The normalized spacial score (nSPS) is 17.7. The van der Waals surface area contributed by atoms with Crippen molar-refractivity contribution in [1.29, 1.82) is 0 Å². The van der Waals surface area contributed by atoms with Crippen molar-refractivity contribution in [3.8, 4) is 0 Å². The number of carbonyl (C=O) groups excluding carboxylic acids is 1. The first-order chi connectivity index (χ1) is 12.5. The smallest absolute Gasteiger partial charge is 0.331 e. The monoisotopic (exact) mass is 370 g/mol. The Balaban J connectivity index is 1.92. The highest BCUT2D eigenvalue weighted by Gasteiger charge is 2.44. The number of rotatable bonds is 5. The van der Waals surface area contributed by atoms with Gasteiger partial charge in [-0.25, -0.2) is 4.79 Å². The summed E-state index contributed by atoms with van der Waals surface area (Å²) in [6.45, 7) is 2.09. The van der Waals surface area contributed by atoms with Gasteiger partial charge < -0.3 is 9.22 Å². The zero-order chi connectivity index (χ0) is 18.6. The highest BCUT2D eigenvalue weighted by Crippen LogP contribution is 2.43. The number of quaternary nitrogens is 1. The second-order valence-corrected chi connectivity index (χ2v) is 8.63. The van der Waals surface area contributed by atoms with E-state index in [0.29, 0.717) is 0 Å². The first-order valence-corrected chi connectivity index (χ1v) is 10.4. The minimum atomic E-state index is -0.829. The number of nitrogens with zero attached hydrogens (tertiary/aromatic N) is 1. The van der Waals surface area contributed by atoms with Crippen LogP contribution < -0.4 is 0 Å². The lowest BCUT2D eigenvalue weighted by molar-refractivity contribution is -0.896. The van der Waals surface area contributed by atoms with Crippen molar-refractivity contribution in [1.82, 2.24) is 0 Å². The van der Waals surface area contributed by atoms with Gasteiger partial charge in [-0.2, -0.15) is 0 Å². The lowest BCUT2D eigenvalue weighted by Gasteiger charge is -2.38. The molecule has 0 aromatic heterocycles. The van der Waals surface area contributed by atoms with Gasteiger partial charge in [-0.15, -0.1) is 11.8 Å². The summed E-state index contributed by atoms with van der Waals surface area (Å²) < 4.78 is 6.25. The molecule has 3 rings (SSSR count). The van der Waals surface area contributed by atoms with E-state index in [-0.39, 0.29) is 12.1 Å². The second-order valence-electron chi connectivity index (χ2n) is 7.60. The highest BCUT2D eigenvalue weighted by atomic mass is 32.2. The Hall–Kier alpha value is -1.78. The molecule has 0 radical (unpaired) electrons. The van der Waals surface area contributed by atoms with E-state index in [1.807, 2.05) is 66.9 Å². The third kappa shape index (κ3) is 3.81. The van der Waals surface area contributed by atoms with Crippen molar-refractivity contribution in [2.75, 3.05) is 33.4 Å². The summed E-state index contributed by atoms with van der Waals surface area (Å²) in [5.74, 6) is -0.153. The summed E-state index contributed by atoms with van der Waals surface area (Å²) in [5, 5.41) is 0. The van der Waals surface area contributed by atoms with Gasteiger partial charge in [0.1, 0.15) is 6.10 Å². The molecule has 0 unspecified atom stereocenters. The first-order valence-electron chi connectivity index (χ1n) is 9.17. The molecule has 1 aliphatic heterocycles. The van der Waals surface area contributed by atoms with Crippen LogP contribution in [0.5, 0.6) is 0 Å². The molecule has 0 atom stereocenters. The van der Waals surface area contributed by atoms with Gasteiger partial charge in [0.2, 0.25) is 0 Å². The number of carbonyl (C=O) groups is 1. The Morgan fingerprint density at radius 2 is 1.42 bits per heavy atom. The van der Waals surface area contributed by atoms with Crippen molar-refractivity contribution in [2.45, 2.75) is 23.7 Å². The van der Waals surface area contributed by atoms with Gasteiger partial charge in [0.15, 0.2) is 4.75 Å². The molecule has 1 aliphatic rings. The predicted octanol–water partition coefficient (Wildman–Crippen LogP) is 4.08. The van der Waals surface area contributed by atoms with Crippen molar-refractivity contribution in [2.24, 2.45) is 0 Å². The molecule has 1 heterocycles. The molecule has 3 nitrogen and oxygen atoms in total. The molecule has 0 N–H and O–H groups in total. The third-order valence-electron chi connectivity index (χ3n) is 5.34. The fourth-order valence-electron chi connectivity index (χ4n) is 3.66. The minimum absolute atomic E-state index is 0.00704. The quantitative estimate of drug-likeness (QED) is 0.586. The fourth-order valence-corrected chi connectivity index (χ4v) is 4.62. The Labute approximate surface area is 161 Å². The van der Waals surface area contributed by atoms with Crippen LogP contribution in [0, 0.1) is 0 Å². The van der Waals surface area contributed by atoms with Crippen LogP contribution in [0.2, 0.25) is 0 Å². The van der Waals surface area contributed by atoms with E-state index in [1.165, 1.54) is 0 Å². The van der Waals surface area contributed by atoms with Crippen molar-refractivity contribution in [3.63, 3.8) is 0 Å². The van der Waals surface area contributed by atoms with Crippen molar-refractivity contribution >= 4 is 17.7 Å². The molecule has 0 amide bonds. The summed E-state index contributed by atoms with van der Waals surface area (Å²) >= 11 is 1.54. The molecule has 2 aromatic carbocycles. The van der Waals surface area contributed by atoms with Gasteiger partial charge >= 0.3 is 5.97 Å². The summed E-state index contributed by atoms with van der Waals surface area (Å²) in [7, 11) is 4.47. The molecular weight excluding hydrogens is 342 g/mol. The van der Waals surface area contributed by atoms with E-state index >= 15 is 0 Å². The molecule has 0 saturated carbocycles. The van der Waals surface area contributed by atoms with Crippen LogP contribution in [0.25, 0.3) is 0 Å². The predicted molar refractivity (Wildman–Crippen MR) is 108 cm³/mol. The maximum Gasteiger partial charge on any atom is 0.331 e. The Morgan fingerprint density at radius 3 is 1.85 bits per heavy atom. The van der Waals surface area contributed by atoms with Gasteiger partial charge in [-0.1, -0.05) is 60.7 Å². The topological polar surface area (TPSA) is 26.3 Å². The molecular formula is C22H28NO2S+. The van der Waals surface area contributed by atoms with Gasteiger partial charge in [-0.05, 0) is 17.4 Å². The maximum absolute atomic E-state index is 13.5. The zero-order valence-electron chi connectivity index (χ0n) is 15.9. The van der Waals surface area contributed by atoms with Gasteiger partial charge in [-0.3, -0.25) is 0 Å². The fraction of sp³-hybridized carbons (Fsp3) is 0.409. The Morgan fingerprint density at radius 1 is 0.962 bits per heavy atom. The van der Waals surface area contributed by atoms with Crippen LogP contribution >= 0.6 is 11.8 Å². The van der Waals surface area contributed by atoms with Gasteiger partial charge in [0.05, 0.1) is 27.2 Å². The average molecular weight is 371 g/mol. The third-order valence-corrected chi connectivity index (χ3v) is 6.59. The summed E-state index contributed by atoms with van der Waals surface area (Å²) in [4.78, 5) is 13.5. The van der Waals surface area contributed by atoms with E-state index in [9.17, 15) is 4.79 Å². The number of hydrogen-bond donors (Lipinski definition) is 0. The van der Waals surface area contributed by atoms with Crippen LogP contribution in [0.15, 0.2) is 60.7 Å². The number of benzene rings is 2. The van der Waals surface area contributed by atoms with E-state index in [0.717, 1.165) is 41.5 Å². The zero-order valence-corrected chi connectivity index (χ0v) is 16.7. The highest BCUT2D eigenvalue weighted by molar-refractivity contribution is 8.00. The second kappa shape index (κ2) is 7.85. The number of hydrogen-bond acceptors (Lipinski definition) is 3. The van der Waals surface area contributed by atoms with Gasteiger partial charge in [0, 0.05) is 12.8 Å². The van der Waals surface area contributed by atoms with E-state index in [1.54, 1.807) is 11.8 Å². The number of ether oxygens (including phenoxy) is 1. The van der Waals surface area contributed by atoms with E-state index in [2.05, 4.69) is 14.1 Å². The number of esters is 1. The van der Waals surface area contributed by atoms with Crippen LogP contribution in [0.3, 0.4) is 0 Å². The first kappa shape index (κ1) is 19.0. The summed E-state index contributed by atoms with van der Waals surface area (Å²) in [5.41, 5.74) is 1.94. The number of likely N-dealkylation sites (tertiary alicyclic amines) is 1. The summed E-state index contributed by atoms with van der Waals surface area (Å²) in [6, 6.07) is 20.0. The largest absolute Gasteiger partial charge is 0.460 e. The van der Waals surface area contributed by atoms with E-state index < -0.39 is 4.75 Å². The average Bonchev–Trinajstić information content (AvgIpc) is 2.66.